The number of fused-ring (bicyclic) bond motifs is 1. The molecule has 7 heteroatoms. The number of hydrogen-bond acceptors (Lipinski definition) is 4. The van der Waals surface area contributed by atoms with E-state index in [4.69, 9.17) is 5.41 Å². The van der Waals surface area contributed by atoms with Crippen LogP contribution in [-0.4, -0.2) is 25.0 Å². The highest BCUT2D eigenvalue weighted by atomic mass is 79.9. The second-order valence-electron chi connectivity index (χ2n) is 11.1. The van der Waals surface area contributed by atoms with Crippen LogP contribution in [0.15, 0.2) is 60.8 Å². The van der Waals surface area contributed by atoms with Crippen molar-refractivity contribution in [1.29, 1.82) is 5.41 Å². The molecule has 0 bridgehead atoms. The number of aromatic hydroxyl groups is 1. The normalized spacial score (nSPS) is 11.9. The molecule has 36 heavy (non-hydrogen) atoms. The summed E-state index contributed by atoms with van der Waals surface area (Å²) in [5.41, 5.74) is 4.20. The molecule has 0 saturated carbocycles. The Morgan fingerprint density at radius 3 is 1.92 bits per heavy atom. The SMILES string of the molecule is Br.CC(C)(C)c1cc(C(=O)Cn2c(=N)n(Cc3ccccn3)c3ccccc32)cc(C(C)(C)C)c1O. The standard InChI is InChI=1S/C29H34N4O2.BrH/c1-28(2,3)21-15-19(16-22(26(21)35)29(4,5)6)25(34)18-33-24-13-8-7-12-23(24)32(27(33)30)17-20-11-9-10-14-31-20;/h7-16,30,35H,17-18H2,1-6H3;1H. The molecule has 0 unspecified atom stereocenters. The summed E-state index contributed by atoms with van der Waals surface area (Å²) in [6, 6.07) is 17.1. The summed E-state index contributed by atoms with van der Waals surface area (Å²) in [7, 11) is 0. The van der Waals surface area contributed by atoms with Crippen molar-refractivity contribution in [3.63, 3.8) is 0 Å². The topological polar surface area (TPSA) is 83.9 Å². The predicted molar refractivity (Wildman–Crippen MR) is 149 cm³/mol. The number of benzene rings is 2. The fourth-order valence-corrected chi connectivity index (χ4v) is 4.44. The molecule has 190 valence electrons. The number of para-hydroxylation sites is 2. The minimum Gasteiger partial charge on any atom is -0.507 e. The number of rotatable bonds is 5. The fraction of sp³-hybridized carbons (Fsp3) is 0.345. The Morgan fingerprint density at radius 1 is 0.889 bits per heavy atom. The Balaban J connectivity index is 0.00000361. The number of ketones is 1. The van der Waals surface area contributed by atoms with Gasteiger partial charge < -0.3 is 14.2 Å². The summed E-state index contributed by atoms with van der Waals surface area (Å²) in [6.45, 7) is 12.7. The quantitative estimate of drug-likeness (QED) is 0.293. The number of phenols is 1. The van der Waals surface area contributed by atoms with Crippen LogP contribution in [-0.2, 0) is 23.9 Å². The molecule has 0 aliphatic rings. The first-order valence-corrected chi connectivity index (χ1v) is 11.9. The molecule has 4 aromatic rings. The van der Waals surface area contributed by atoms with Gasteiger partial charge in [0.25, 0.3) is 0 Å². The van der Waals surface area contributed by atoms with E-state index < -0.39 is 0 Å². The molecule has 0 aliphatic carbocycles. The van der Waals surface area contributed by atoms with Gasteiger partial charge in [-0.1, -0.05) is 59.7 Å². The van der Waals surface area contributed by atoms with Crippen molar-refractivity contribution in [1.82, 2.24) is 14.1 Å². The molecular weight excluding hydrogens is 516 g/mol. The van der Waals surface area contributed by atoms with Gasteiger partial charge in [-0.3, -0.25) is 15.2 Å². The Bertz CT molecular complexity index is 1420. The van der Waals surface area contributed by atoms with Crippen LogP contribution in [0.25, 0.3) is 11.0 Å². The maximum absolute atomic E-state index is 13.6. The van der Waals surface area contributed by atoms with Gasteiger partial charge in [0.1, 0.15) is 5.75 Å². The molecule has 2 aromatic heterocycles. The first-order valence-electron chi connectivity index (χ1n) is 11.9. The summed E-state index contributed by atoms with van der Waals surface area (Å²) in [4.78, 5) is 18.0. The zero-order valence-corrected chi connectivity index (χ0v) is 23.5. The zero-order chi connectivity index (χ0) is 25.5. The summed E-state index contributed by atoms with van der Waals surface area (Å²) in [5, 5.41) is 19.9. The van der Waals surface area contributed by atoms with Gasteiger partial charge in [-0.25, -0.2) is 0 Å². The van der Waals surface area contributed by atoms with Crippen LogP contribution in [0.4, 0.5) is 0 Å². The van der Waals surface area contributed by atoms with Crippen molar-refractivity contribution >= 4 is 33.8 Å². The van der Waals surface area contributed by atoms with E-state index in [0.29, 0.717) is 12.1 Å². The van der Waals surface area contributed by atoms with Gasteiger partial charge in [-0.2, -0.15) is 0 Å². The number of Topliss-reactive ketones (excluding diaryl/α,β-unsaturated/α-hetero) is 1. The van der Waals surface area contributed by atoms with E-state index in [9.17, 15) is 9.90 Å². The van der Waals surface area contributed by atoms with Gasteiger partial charge in [0.2, 0.25) is 5.62 Å². The van der Waals surface area contributed by atoms with Gasteiger partial charge in [0.15, 0.2) is 5.78 Å². The Labute approximate surface area is 222 Å². The summed E-state index contributed by atoms with van der Waals surface area (Å²) in [5.74, 6) is 0.155. The van der Waals surface area contributed by atoms with Crippen LogP contribution in [0.1, 0.15) is 68.7 Å². The van der Waals surface area contributed by atoms with Crippen molar-refractivity contribution in [3.8, 4) is 5.75 Å². The molecule has 6 nitrogen and oxygen atoms in total. The number of hydrogen-bond donors (Lipinski definition) is 2. The summed E-state index contributed by atoms with van der Waals surface area (Å²) < 4.78 is 3.63. The maximum atomic E-state index is 13.6. The largest absolute Gasteiger partial charge is 0.507 e. The maximum Gasteiger partial charge on any atom is 0.203 e. The van der Waals surface area contributed by atoms with Gasteiger partial charge in [-0.15, -0.1) is 17.0 Å². The number of nitrogens with zero attached hydrogens (tertiary/aromatic N) is 3. The lowest BCUT2D eigenvalue weighted by Crippen LogP contribution is -2.28. The van der Waals surface area contributed by atoms with E-state index in [-0.39, 0.29) is 51.5 Å². The third-order valence-corrected chi connectivity index (χ3v) is 6.37. The lowest BCUT2D eigenvalue weighted by Gasteiger charge is -2.28. The summed E-state index contributed by atoms with van der Waals surface area (Å²) >= 11 is 0. The molecule has 0 saturated heterocycles. The van der Waals surface area contributed by atoms with E-state index in [1.807, 2.05) is 101 Å². The Kier molecular flexibility index (Phi) is 7.65. The van der Waals surface area contributed by atoms with Gasteiger partial charge in [0, 0.05) is 22.9 Å². The van der Waals surface area contributed by atoms with Crippen molar-refractivity contribution in [2.24, 2.45) is 0 Å². The Hall–Kier alpha value is -3.19. The fourth-order valence-electron chi connectivity index (χ4n) is 4.44. The van der Waals surface area contributed by atoms with Crippen LogP contribution in [0.3, 0.4) is 0 Å². The van der Waals surface area contributed by atoms with Crippen LogP contribution >= 0.6 is 17.0 Å². The van der Waals surface area contributed by atoms with Crippen molar-refractivity contribution in [2.45, 2.75) is 65.5 Å². The minimum atomic E-state index is -0.327. The molecule has 2 aromatic carbocycles. The highest BCUT2D eigenvalue weighted by Gasteiger charge is 2.28. The molecule has 0 atom stereocenters. The predicted octanol–water partition coefficient (Wildman–Crippen LogP) is 6.13. The van der Waals surface area contributed by atoms with Crippen LogP contribution in [0, 0.1) is 5.41 Å². The lowest BCUT2D eigenvalue weighted by atomic mass is 9.78. The molecule has 0 fully saturated rings. The monoisotopic (exact) mass is 550 g/mol. The van der Waals surface area contributed by atoms with Crippen molar-refractivity contribution < 1.29 is 9.90 Å². The van der Waals surface area contributed by atoms with Crippen LogP contribution < -0.4 is 5.62 Å². The van der Waals surface area contributed by atoms with E-state index in [1.54, 1.807) is 10.8 Å². The van der Waals surface area contributed by atoms with E-state index in [0.717, 1.165) is 27.9 Å². The molecule has 2 heterocycles. The minimum absolute atomic E-state index is 0. The highest BCUT2D eigenvalue weighted by Crippen LogP contribution is 2.40. The molecule has 0 aliphatic heterocycles. The number of imidazole rings is 1. The second-order valence-corrected chi connectivity index (χ2v) is 11.1. The van der Waals surface area contributed by atoms with Crippen molar-refractivity contribution in [2.75, 3.05) is 0 Å². The summed E-state index contributed by atoms with van der Waals surface area (Å²) in [6.07, 6.45) is 1.74. The highest BCUT2D eigenvalue weighted by molar-refractivity contribution is 8.93. The first kappa shape index (κ1) is 27.4. The Morgan fingerprint density at radius 2 is 1.42 bits per heavy atom. The van der Waals surface area contributed by atoms with Gasteiger partial charge in [-0.05, 0) is 47.2 Å². The number of pyridine rings is 1. The molecular formula is C29H35BrN4O2. The number of halogens is 1. The number of phenolic OH excluding ortho intramolecular Hbond substituents is 1. The van der Waals surface area contributed by atoms with Crippen LogP contribution in [0.5, 0.6) is 5.75 Å². The van der Waals surface area contributed by atoms with E-state index in [1.165, 1.54) is 0 Å². The average Bonchev–Trinajstić information content (AvgIpc) is 3.04. The lowest BCUT2D eigenvalue weighted by molar-refractivity contribution is 0.0971. The molecule has 0 radical (unpaired) electrons. The smallest absolute Gasteiger partial charge is 0.203 e. The zero-order valence-electron chi connectivity index (χ0n) is 21.8. The van der Waals surface area contributed by atoms with Crippen LogP contribution in [0.2, 0.25) is 0 Å². The van der Waals surface area contributed by atoms with E-state index >= 15 is 0 Å². The van der Waals surface area contributed by atoms with Gasteiger partial charge in [0.05, 0.1) is 29.8 Å². The molecule has 4 rings (SSSR count). The van der Waals surface area contributed by atoms with Crippen molar-refractivity contribution in [3.05, 3.63) is 88.8 Å². The number of carbonyl (C=O) groups is 1. The first-order chi connectivity index (χ1) is 16.4. The van der Waals surface area contributed by atoms with Gasteiger partial charge >= 0.3 is 0 Å². The third-order valence-electron chi connectivity index (χ3n) is 6.37. The molecule has 2 N–H and O–H groups in total. The van der Waals surface area contributed by atoms with E-state index in [2.05, 4.69) is 4.98 Å². The average molecular weight is 552 g/mol. The second kappa shape index (κ2) is 10.1. The third kappa shape index (κ3) is 5.31. The number of aromatic nitrogens is 3. The number of nitrogens with one attached hydrogen (secondary N) is 1. The number of carbonyl (C=O) groups excluding carboxylic acids is 1. The molecule has 0 amide bonds. The molecule has 0 spiro atoms.